The Hall–Kier alpha value is -1.92. The highest BCUT2D eigenvalue weighted by Gasteiger charge is 2.23. The summed E-state index contributed by atoms with van der Waals surface area (Å²) in [5, 5.41) is 17.5. The van der Waals surface area contributed by atoms with Crippen LogP contribution in [0.25, 0.3) is 10.9 Å². The van der Waals surface area contributed by atoms with Crippen molar-refractivity contribution in [2.75, 3.05) is 26.2 Å². The van der Waals surface area contributed by atoms with Crippen LogP contribution in [0.5, 0.6) is 0 Å². The number of H-pyrrole nitrogens is 1. The molecule has 2 aromatic rings. The number of piperazine rings is 1. The van der Waals surface area contributed by atoms with E-state index in [4.69, 9.17) is 0 Å². The Kier molecular flexibility index (Phi) is 3.90. The van der Waals surface area contributed by atoms with Crippen molar-refractivity contribution < 1.29 is 9.90 Å². The van der Waals surface area contributed by atoms with E-state index in [-0.39, 0.29) is 5.91 Å². The molecule has 1 aliphatic rings. The normalized spacial score (nSPS) is 18.1. The topological polar surface area (TPSA) is 72.5 Å². The number of aliphatic hydroxyl groups is 1. The molecule has 0 bridgehead atoms. The van der Waals surface area contributed by atoms with Gasteiger partial charge in [0.15, 0.2) is 0 Å². The molecule has 0 aliphatic carbocycles. The number of aromatic amines is 1. The van der Waals surface area contributed by atoms with Gasteiger partial charge in [0.2, 0.25) is 0 Å². The van der Waals surface area contributed by atoms with Gasteiger partial charge in [-0.15, -0.1) is 0 Å². The maximum Gasteiger partial charge on any atom is 0.251 e. The van der Waals surface area contributed by atoms with Crippen LogP contribution in [0, 0.1) is 0 Å². The minimum Gasteiger partial charge on any atom is -0.384 e. The third-order valence-electron chi connectivity index (χ3n) is 3.95. The van der Waals surface area contributed by atoms with Crippen molar-refractivity contribution in [3.8, 4) is 0 Å². The fourth-order valence-electron chi connectivity index (χ4n) is 2.73. The Labute approximate surface area is 123 Å². The first kappa shape index (κ1) is 14.0. The molecule has 6 nitrogen and oxygen atoms in total. The van der Waals surface area contributed by atoms with Crippen LogP contribution in [-0.4, -0.2) is 63.3 Å². The number of carbonyl (C=O) groups is 1. The van der Waals surface area contributed by atoms with Gasteiger partial charge in [-0.05, 0) is 18.6 Å². The van der Waals surface area contributed by atoms with E-state index in [1.54, 1.807) is 4.90 Å². The first-order chi connectivity index (χ1) is 10.1. The monoisotopic (exact) mass is 288 g/mol. The average molecular weight is 288 g/mol. The van der Waals surface area contributed by atoms with E-state index in [0.717, 1.165) is 30.5 Å². The Morgan fingerprint density at radius 3 is 2.86 bits per heavy atom. The third-order valence-corrected chi connectivity index (χ3v) is 3.95. The van der Waals surface area contributed by atoms with Gasteiger partial charge < -0.3 is 10.0 Å². The molecule has 6 heteroatoms. The molecule has 2 N–H and O–H groups in total. The number of carbonyl (C=O) groups excluding carboxylic acids is 1. The lowest BCUT2D eigenvalue weighted by molar-refractivity contribution is -0.141. The van der Waals surface area contributed by atoms with E-state index in [1.165, 1.54) is 12.5 Å². The minimum atomic E-state index is -0.903. The first-order valence-electron chi connectivity index (χ1n) is 7.25. The Morgan fingerprint density at radius 2 is 2.14 bits per heavy atom. The van der Waals surface area contributed by atoms with Gasteiger partial charge in [-0.1, -0.05) is 12.1 Å². The molecule has 0 saturated carbocycles. The van der Waals surface area contributed by atoms with Crippen LogP contribution in [0.1, 0.15) is 12.5 Å². The fourth-order valence-corrected chi connectivity index (χ4v) is 2.73. The summed E-state index contributed by atoms with van der Waals surface area (Å²) in [7, 11) is 0. The number of amides is 1. The maximum absolute atomic E-state index is 11.7. The predicted octanol–water partition coefficient (Wildman–Crippen LogP) is 0.588. The Bertz CT molecular complexity index is 629. The van der Waals surface area contributed by atoms with Crippen molar-refractivity contribution in [2.24, 2.45) is 0 Å². The molecule has 1 unspecified atom stereocenters. The molecule has 112 valence electrons. The van der Waals surface area contributed by atoms with E-state index in [0.29, 0.717) is 13.1 Å². The second kappa shape index (κ2) is 5.83. The molecule has 1 aromatic heterocycles. The lowest BCUT2D eigenvalue weighted by Gasteiger charge is -2.35. The maximum atomic E-state index is 11.7. The fraction of sp³-hybridized carbons (Fsp3) is 0.467. The SMILES string of the molecule is CC(O)C(=O)N1CCN(Cc2ccc3cn[nH]c3c2)CC1. The number of benzene rings is 1. The van der Waals surface area contributed by atoms with Gasteiger partial charge in [0.05, 0.1) is 11.7 Å². The zero-order chi connectivity index (χ0) is 14.8. The second-order valence-electron chi connectivity index (χ2n) is 5.57. The zero-order valence-corrected chi connectivity index (χ0v) is 12.1. The van der Waals surface area contributed by atoms with Gasteiger partial charge in [-0.2, -0.15) is 5.10 Å². The molecule has 0 spiro atoms. The summed E-state index contributed by atoms with van der Waals surface area (Å²) in [6.07, 6.45) is 0.916. The summed E-state index contributed by atoms with van der Waals surface area (Å²) in [6, 6.07) is 6.31. The van der Waals surface area contributed by atoms with Crippen LogP contribution >= 0.6 is 0 Å². The summed E-state index contributed by atoms with van der Waals surface area (Å²) in [5.41, 5.74) is 2.29. The van der Waals surface area contributed by atoms with Crippen molar-refractivity contribution >= 4 is 16.8 Å². The van der Waals surface area contributed by atoms with Gasteiger partial charge in [0, 0.05) is 38.1 Å². The molecule has 1 amide bonds. The lowest BCUT2D eigenvalue weighted by atomic mass is 10.1. The predicted molar refractivity (Wildman–Crippen MR) is 79.6 cm³/mol. The summed E-state index contributed by atoms with van der Waals surface area (Å²) in [6.45, 7) is 5.41. The summed E-state index contributed by atoms with van der Waals surface area (Å²) in [4.78, 5) is 15.8. The highest BCUT2D eigenvalue weighted by molar-refractivity contribution is 5.80. The molecule has 1 fully saturated rings. The Morgan fingerprint density at radius 1 is 1.38 bits per heavy atom. The molecule has 2 heterocycles. The molecule has 1 atom stereocenters. The van der Waals surface area contributed by atoms with Gasteiger partial charge in [-0.25, -0.2) is 0 Å². The van der Waals surface area contributed by atoms with Gasteiger partial charge in [0.25, 0.3) is 5.91 Å². The number of nitrogens with zero attached hydrogens (tertiary/aromatic N) is 3. The van der Waals surface area contributed by atoms with E-state index < -0.39 is 6.10 Å². The minimum absolute atomic E-state index is 0.173. The molecule has 1 aliphatic heterocycles. The smallest absolute Gasteiger partial charge is 0.251 e. The van der Waals surface area contributed by atoms with Crippen LogP contribution in [-0.2, 0) is 11.3 Å². The molecule has 3 rings (SSSR count). The standard InChI is InChI=1S/C15H20N4O2/c1-11(20)15(21)19-6-4-18(5-7-19)10-12-2-3-13-9-16-17-14(13)8-12/h2-3,8-9,11,20H,4-7,10H2,1H3,(H,16,17). The van der Waals surface area contributed by atoms with Gasteiger partial charge >= 0.3 is 0 Å². The quantitative estimate of drug-likeness (QED) is 0.867. The van der Waals surface area contributed by atoms with Crippen LogP contribution in [0.3, 0.4) is 0 Å². The number of nitrogens with one attached hydrogen (secondary N) is 1. The zero-order valence-electron chi connectivity index (χ0n) is 12.1. The van der Waals surface area contributed by atoms with Crippen molar-refractivity contribution in [3.05, 3.63) is 30.0 Å². The number of hydrogen-bond acceptors (Lipinski definition) is 4. The van der Waals surface area contributed by atoms with Crippen LogP contribution < -0.4 is 0 Å². The van der Waals surface area contributed by atoms with Gasteiger partial charge in [-0.3, -0.25) is 14.8 Å². The van der Waals surface area contributed by atoms with Crippen molar-refractivity contribution in [2.45, 2.75) is 19.6 Å². The largest absolute Gasteiger partial charge is 0.384 e. The van der Waals surface area contributed by atoms with Crippen LogP contribution in [0.2, 0.25) is 0 Å². The lowest BCUT2D eigenvalue weighted by Crippen LogP contribution is -2.50. The van der Waals surface area contributed by atoms with E-state index in [9.17, 15) is 9.90 Å². The van der Waals surface area contributed by atoms with E-state index >= 15 is 0 Å². The number of hydrogen-bond donors (Lipinski definition) is 2. The molecule has 1 aromatic carbocycles. The highest BCUT2D eigenvalue weighted by atomic mass is 16.3. The van der Waals surface area contributed by atoms with E-state index in [1.807, 2.05) is 6.20 Å². The molecular formula is C15H20N4O2. The van der Waals surface area contributed by atoms with E-state index in [2.05, 4.69) is 33.3 Å². The number of aromatic nitrogens is 2. The second-order valence-corrected chi connectivity index (χ2v) is 5.57. The molecule has 21 heavy (non-hydrogen) atoms. The number of rotatable bonds is 3. The van der Waals surface area contributed by atoms with Crippen LogP contribution in [0.4, 0.5) is 0 Å². The van der Waals surface area contributed by atoms with Crippen molar-refractivity contribution in [1.82, 2.24) is 20.0 Å². The van der Waals surface area contributed by atoms with Crippen molar-refractivity contribution in [1.29, 1.82) is 0 Å². The third kappa shape index (κ3) is 3.06. The highest BCUT2D eigenvalue weighted by Crippen LogP contribution is 2.15. The molecular weight excluding hydrogens is 268 g/mol. The summed E-state index contributed by atoms with van der Waals surface area (Å²) >= 11 is 0. The average Bonchev–Trinajstić information content (AvgIpc) is 2.95. The summed E-state index contributed by atoms with van der Waals surface area (Å²) < 4.78 is 0. The first-order valence-corrected chi connectivity index (χ1v) is 7.25. The summed E-state index contributed by atoms with van der Waals surface area (Å²) in [5.74, 6) is -0.173. The molecule has 1 saturated heterocycles. The number of fused-ring (bicyclic) bond motifs is 1. The van der Waals surface area contributed by atoms with Crippen LogP contribution in [0.15, 0.2) is 24.4 Å². The number of aliphatic hydroxyl groups excluding tert-OH is 1. The van der Waals surface area contributed by atoms with Gasteiger partial charge in [0.1, 0.15) is 6.10 Å². The molecule has 0 radical (unpaired) electrons. The van der Waals surface area contributed by atoms with Crippen molar-refractivity contribution in [3.63, 3.8) is 0 Å². The Balaban J connectivity index is 1.58.